The summed E-state index contributed by atoms with van der Waals surface area (Å²) in [6.07, 6.45) is 2.40. The highest BCUT2D eigenvalue weighted by Crippen LogP contribution is 2.22. The summed E-state index contributed by atoms with van der Waals surface area (Å²) in [5.74, 6) is 0.675. The van der Waals surface area contributed by atoms with Crippen molar-refractivity contribution in [1.82, 2.24) is 5.32 Å². The van der Waals surface area contributed by atoms with Crippen LogP contribution in [0.5, 0.6) is 0 Å². The van der Waals surface area contributed by atoms with Crippen LogP contribution in [0.25, 0.3) is 0 Å². The number of halogens is 2. The van der Waals surface area contributed by atoms with E-state index in [0.29, 0.717) is 17.5 Å². The van der Waals surface area contributed by atoms with Crippen LogP contribution in [-0.2, 0) is 11.3 Å². The van der Waals surface area contributed by atoms with Crippen LogP contribution >= 0.6 is 23.2 Å². The Morgan fingerprint density at radius 1 is 1.24 bits per heavy atom. The van der Waals surface area contributed by atoms with Gasteiger partial charge in [-0.25, -0.2) is 0 Å². The second-order valence-electron chi connectivity index (χ2n) is 4.44. The molecular weight excluding hydrogens is 257 g/mol. The van der Waals surface area contributed by atoms with E-state index in [1.807, 2.05) is 12.1 Å². The third-order valence-electron chi connectivity index (χ3n) is 3.08. The molecule has 94 valence electrons. The molecule has 1 heterocycles. The van der Waals surface area contributed by atoms with Gasteiger partial charge < -0.3 is 10.1 Å². The highest BCUT2D eigenvalue weighted by Gasteiger charge is 2.13. The van der Waals surface area contributed by atoms with E-state index >= 15 is 0 Å². The molecule has 1 aromatic rings. The van der Waals surface area contributed by atoms with Gasteiger partial charge in [0.2, 0.25) is 0 Å². The lowest BCUT2D eigenvalue weighted by Crippen LogP contribution is -2.29. The quantitative estimate of drug-likeness (QED) is 0.907. The molecule has 0 unspecified atom stereocenters. The van der Waals surface area contributed by atoms with E-state index in [2.05, 4.69) is 5.32 Å². The smallest absolute Gasteiger partial charge is 0.0731 e. The van der Waals surface area contributed by atoms with Crippen LogP contribution in [0, 0.1) is 5.92 Å². The van der Waals surface area contributed by atoms with E-state index in [1.54, 1.807) is 6.07 Å². The number of nitrogens with one attached hydrogen (secondary N) is 1. The number of ether oxygens (including phenoxy) is 1. The maximum atomic E-state index is 6.07. The van der Waals surface area contributed by atoms with Gasteiger partial charge in [0.05, 0.1) is 6.61 Å². The summed E-state index contributed by atoms with van der Waals surface area (Å²) in [6, 6.07) is 5.47. The first-order valence-corrected chi connectivity index (χ1v) is 6.73. The average molecular weight is 274 g/mol. The lowest BCUT2D eigenvalue weighted by molar-refractivity contribution is 0.0764. The molecule has 1 aliphatic rings. The van der Waals surface area contributed by atoms with Crippen molar-refractivity contribution in [2.45, 2.75) is 19.4 Å². The molecular formula is C13H17Cl2NO. The molecule has 0 spiro atoms. The molecule has 0 aromatic heterocycles. The second-order valence-corrected chi connectivity index (χ2v) is 5.29. The molecule has 17 heavy (non-hydrogen) atoms. The number of benzene rings is 1. The van der Waals surface area contributed by atoms with Crippen LogP contribution in [0.3, 0.4) is 0 Å². The first kappa shape index (κ1) is 13.2. The molecule has 1 N–H and O–H groups in total. The Bertz CT molecular complexity index is 364. The fourth-order valence-corrected chi connectivity index (χ4v) is 2.40. The van der Waals surface area contributed by atoms with Crippen molar-refractivity contribution in [3.8, 4) is 0 Å². The first-order valence-electron chi connectivity index (χ1n) is 5.98. The molecule has 2 rings (SSSR count). The Labute approximate surface area is 112 Å². The molecule has 0 aliphatic carbocycles. The molecule has 1 fully saturated rings. The van der Waals surface area contributed by atoms with Crippen molar-refractivity contribution in [2.75, 3.05) is 19.7 Å². The third kappa shape index (κ3) is 4.14. The highest BCUT2D eigenvalue weighted by atomic mass is 35.5. The van der Waals surface area contributed by atoms with Gasteiger partial charge in [-0.2, -0.15) is 0 Å². The first-order chi connectivity index (χ1) is 8.25. The van der Waals surface area contributed by atoms with E-state index < -0.39 is 0 Å². The van der Waals surface area contributed by atoms with Crippen LogP contribution in [0.15, 0.2) is 18.2 Å². The maximum Gasteiger partial charge on any atom is 0.0731 e. The van der Waals surface area contributed by atoms with Gasteiger partial charge in [-0.3, -0.25) is 0 Å². The zero-order chi connectivity index (χ0) is 12.1. The molecule has 0 amide bonds. The highest BCUT2D eigenvalue weighted by molar-refractivity contribution is 6.33. The topological polar surface area (TPSA) is 21.3 Å². The van der Waals surface area contributed by atoms with Crippen molar-refractivity contribution < 1.29 is 4.74 Å². The molecule has 4 heteroatoms. The Balaban J connectivity index is 1.79. The number of hydrogen-bond donors (Lipinski definition) is 1. The minimum atomic E-state index is 0.545. The van der Waals surface area contributed by atoms with Crippen LogP contribution in [-0.4, -0.2) is 19.7 Å². The molecule has 0 radical (unpaired) electrons. The fraction of sp³-hybridized carbons (Fsp3) is 0.538. The lowest BCUT2D eigenvalue weighted by Gasteiger charge is -2.22. The Kier molecular flexibility index (Phi) is 5.11. The number of rotatable bonds is 4. The van der Waals surface area contributed by atoms with Crippen molar-refractivity contribution in [3.05, 3.63) is 33.8 Å². The van der Waals surface area contributed by atoms with Crippen LogP contribution < -0.4 is 5.32 Å². The Morgan fingerprint density at radius 2 is 2.00 bits per heavy atom. The van der Waals surface area contributed by atoms with E-state index in [0.717, 1.165) is 30.3 Å². The van der Waals surface area contributed by atoms with Gasteiger partial charge in [-0.15, -0.1) is 0 Å². The van der Waals surface area contributed by atoms with Gasteiger partial charge >= 0.3 is 0 Å². The number of piperidine rings is 1. The van der Waals surface area contributed by atoms with Gasteiger partial charge in [0.15, 0.2) is 0 Å². The van der Waals surface area contributed by atoms with E-state index in [1.165, 1.54) is 12.8 Å². The van der Waals surface area contributed by atoms with Gasteiger partial charge in [-0.05, 0) is 55.6 Å². The number of hydrogen-bond acceptors (Lipinski definition) is 2. The van der Waals surface area contributed by atoms with Gasteiger partial charge in [0.1, 0.15) is 0 Å². The minimum absolute atomic E-state index is 0.545. The van der Waals surface area contributed by atoms with Crippen LogP contribution in [0.1, 0.15) is 18.4 Å². The predicted octanol–water partition coefficient (Wildman–Crippen LogP) is 3.51. The monoisotopic (exact) mass is 273 g/mol. The zero-order valence-corrected chi connectivity index (χ0v) is 11.2. The van der Waals surface area contributed by atoms with E-state index in [-0.39, 0.29) is 0 Å². The van der Waals surface area contributed by atoms with Crippen LogP contribution in [0.4, 0.5) is 0 Å². The molecule has 0 atom stereocenters. The Hall–Kier alpha value is -0.280. The largest absolute Gasteiger partial charge is 0.376 e. The molecule has 2 nitrogen and oxygen atoms in total. The van der Waals surface area contributed by atoms with Gasteiger partial charge in [0, 0.05) is 16.7 Å². The van der Waals surface area contributed by atoms with Crippen molar-refractivity contribution in [1.29, 1.82) is 0 Å². The second kappa shape index (κ2) is 6.60. The third-order valence-corrected chi connectivity index (χ3v) is 3.68. The van der Waals surface area contributed by atoms with E-state index in [4.69, 9.17) is 27.9 Å². The van der Waals surface area contributed by atoms with E-state index in [9.17, 15) is 0 Å². The molecule has 0 bridgehead atoms. The summed E-state index contributed by atoms with van der Waals surface area (Å²) < 4.78 is 5.72. The van der Waals surface area contributed by atoms with Gasteiger partial charge in [0.25, 0.3) is 0 Å². The lowest BCUT2D eigenvalue weighted by atomic mass is 9.99. The molecule has 1 saturated heterocycles. The summed E-state index contributed by atoms with van der Waals surface area (Å²) in [7, 11) is 0. The normalized spacial score (nSPS) is 17.3. The average Bonchev–Trinajstić information content (AvgIpc) is 2.35. The molecule has 1 aromatic carbocycles. The van der Waals surface area contributed by atoms with Gasteiger partial charge in [-0.1, -0.05) is 23.2 Å². The van der Waals surface area contributed by atoms with Crippen LogP contribution in [0.2, 0.25) is 10.0 Å². The van der Waals surface area contributed by atoms with Crippen molar-refractivity contribution in [3.63, 3.8) is 0 Å². The SMILES string of the molecule is Clc1ccc(Cl)c(COCC2CCNCC2)c1. The minimum Gasteiger partial charge on any atom is -0.376 e. The summed E-state index contributed by atoms with van der Waals surface area (Å²) in [5, 5.41) is 4.77. The summed E-state index contributed by atoms with van der Waals surface area (Å²) in [6.45, 7) is 3.56. The predicted molar refractivity (Wildman–Crippen MR) is 71.7 cm³/mol. The zero-order valence-electron chi connectivity index (χ0n) is 9.72. The summed E-state index contributed by atoms with van der Waals surface area (Å²) in [4.78, 5) is 0. The van der Waals surface area contributed by atoms with Crippen molar-refractivity contribution in [2.24, 2.45) is 5.92 Å². The summed E-state index contributed by atoms with van der Waals surface area (Å²) in [5.41, 5.74) is 0.966. The maximum absolute atomic E-state index is 6.07. The standard InChI is InChI=1S/C13H17Cl2NO/c14-12-1-2-13(15)11(7-12)9-17-8-10-3-5-16-6-4-10/h1-2,7,10,16H,3-6,8-9H2. The Morgan fingerprint density at radius 3 is 2.76 bits per heavy atom. The van der Waals surface area contributed by atoms with Crippen molar-refractivity contribution >= 4 is 23.2 Å². The molecule has 1 aliphatic heterocycles. The summed E-state index contributed by atoms with van der Waals surface area (Å²) >= 11 is 12.0. The fourth-order valence-electron chi connectivity index (χ4n) is 2.04. The molecule has 0 saturated carbocycles.